The minimum atomic E-state index is 0.228. The molecule has 0 radical (unpaired) electrons. The van der Waals surface area contributed by atoms with Gasteiger partial charge in [-0.15, -0.1) is 0 Å². The maximum absolute atomic E-state index is 5.73. The first-order valence-corrected chi connectivity index (χ1v) is 7.84. The van der Waals surface area contributed by atoms with Crippen molar-refractivity contribution < 1.29 is 4.74 Å². The Morgan fingerprint density at radius 3 is 2.55 bits per heavy atom. The topological polar surface area (TPSA) is 24.5 Å². The molecule has 3 heteroatoms. The molecule has 0 atom stereocenters. The molecule has 0 spiro atoms. The molecule has 20 heavy (non-hydrogen) atoms. The lowest BCUT2D eigenvalue weighted by atomic mass is 10.0. The van der Waals surface area contributed by atoms with E-state index in [4.69, 9.17) is 4.74 Å². The molecule has 0 aromatic heterocycles. The molecule has 1 aliphatic heterocycles. The van der Waals surface area contributed by atoms with Crippen LogP contribution in [0.25, 0.3) is 0 Å². The summed E-state index contributed by atoms with van der Waals surface area (Å²) in [5, 5.41) is 3.69. The van der Waals surface area contributed by atoms with Crippen molar-refractivity contribution in [3.8, 4) is 5.75 Å². The third-order valence-electron chi connectivity index (χ3n) is 3.96. The highest BCUT2D eigenvalue weighted by molar-refractivity contribution is 5.54. The van der Waals surface area contributed by atoms with Crippen molar-refractivity contribution in [2.24, 2.45) is 0 Å². The van der Waals surface area contributed by atoms with E-state index in [9.17, 15) is 0 Å². The minimum Gasteiger partial charge on any atom is -0.491 e. The van der Waals surface area contributed by atoms with Crippen LogP contribution in [0.2, 0.25) is 0 Å². The Bertz CT molecular complexity index is 423. The predicted octanol–water partition coefficient (Wildman–Crippen LogP) is 3.68. The lowest BCUT2D eigenvalue weighted by Crippen LogP contribution is -2.38. The predicted molar refractivity (Wildman–Crippen MR) is 85.7 cm³/mol. The van der Waals surface area contributed by atoms with Crippen molar-refractivity contribution in [3.05, 3.63) is 23.8 Å². The maximum Gasteiger partial charge on any atom is 0.120 e. The number of nitrogens with one attached hydrogen (secondary N) is 1. The SMILES string of the molecule is CCN1CCC(Nc2ccc(OC(C)C)cc2C)CC1. The second kappa shape index (κ2) is 6.98. The van der Waals surface area contributed by atoms with Crippen LogP contribution in [0.5, 0.6) is 5.75 Å². The number of ether oxygens (including phenoxy) is 1. The molecule has 1 saturated heterocycles. The summed E-state index contributed by atoms with van der Waals surface area (Å²) in [6.45, 7) is 12.1. The van der Waals surface area contributed by atoms with Gasteiger partial charge in [-0.1, -0.05) is 6.92 Å². The van der Waals surface area contributed by atoms with E-state index in [2.05, 4.69) is 56.1 Å². The first-order chi connectivity index (χ1) is 9.58. The zero-order chi connectivity index (χ0) is 14.5. The molecule has 2 rings (SSSR count). The second-order valence-corrected chi connectivity index (χ2v) is 6.00. The normalized spacial score (nSPS) is 17.4. The van der Waals surface area contributed by atoms with Gasteiger partial charge < -0.3 is 15.0 Å². The lowest BCUT2D eigenvalue weighted by molar-refractivity contribution is 0.229. The van der Waals surface area contributed by atoms with Crippen LogP contribution >= 0.6 is 0 Å². The van der Waals surface area contributed by atoms with E-state index in [-0.39, 0.29) is 6.10 Å². The van der Waals surface area contributed by atoms with E-state index in [1.54, 1.807) is 0 Å². The largest absolute Gasteiger partial charge is 0.491 e. The van der Waals surface area contributed by atoms with Crippen LogP contribution < -0.4 is 10.1 Å². The molecule has 1 aliphatic rings. The molecule has 1 N–H and O–H groups in total. The summed E-state index contributed by atoms with van der Waals surface area (Å²) >= 11 is 0. The van der Waals surface area contributed by atoms with Crippen molar-refractivity contribution in [1.82, 2.24) is 4.90 Å². The lowest BCUT2D eigenvalue weighted by Gasteiger charge is -2.32. The third-order valence-corrected chi connectivity index (χ3v) is 3.96. The standard InChI is InChI=1S/C17H28N2O/c1-5-19-10-8-15(9-11-19)18-17-7-6-16(12-14(17)4)20-13(2)3/h6-7,12-13,15,18H,5,8-11H2,1-4H3. The van der Waals surface area contributed by atoms with Crippen LogP contribution in [0.4, 0.5) is 5.69 Å². The van der Waals surface area contributed by atoms with Gasteiger partial charge in [-0.2, -0.15) is 0 Å². The first-order valence-electron chi connectivity index (χ1n) is 7.84. The summed E-state index contributed by atoms with van der Waals surface area (Å²) in [6, 6.07) is 6.95. The highest BCUT2D eigenvalue weighted by Crippen LogP contribution is 2.24. The first kappa shape index (κ1) is 15.2. The molecule has 112 valence electrons. The van der Waals surface area contributed by atoms with Gasteiger partial charge in [-0.05, 0) is 63.9 Å². The monoisotopic (exact) mass is 276 g/mol. The molecule has 1 fully saturated rings. The van der Waals surface area contributed by atoms with Gasteiger partial charge in [0.15, 0.2) is 0 Å². The smallest absolute Gasteiger partial charge is 0.120 e. The molecule has 1 aromatic carbocycles. The number of hydrogen-bond acceptors (Lipinski definition) is 3. The van der Waals surface area contributed by atoms with Crippen molar-refractivity contribution in [2.45, 2.75) is 52.7 Å². The number of aryl methyl sites for hydroxylation is 1. The third kappa shape index (κ3) is 4.14. The van der Waals surface area contributed by atoms with Crippen LogP contribution in [0.1, 0.15) is 39.2 Å². The average molecular weight is 276 g/mol. The van der Waals surface area contributed by atoms with Gasteiger partial charge in [0, 0.05) is 24.8 Å². The highest BCUT2D eigenvalue weighted by atomic mass is 16.5. The number of likely N-dealkylation sites (tertiary alicyclic amines) is 1. The Balaban J connectivity index is 1.93. The molecule has 0 bridgehead atoms. The van der Waals surface area contributed by atoms with Crippen molar-refractivity contribution >= 4 is 5.69 Å². The Kier molecular flexibility index (Phi) is 5.30. The fourth-order valence-corrected chi connectivity index (χ4v) is 2.76. The van der Waals surface area contributed by atoms with Crippen molar-refractivity contribution in [1.29, 1.82) is 0 Å². The summed E-state index contributed by atoms with van der Waals surface area (Å²) in [7, 11) is 0. The zero-order valence-corrected chi connectivity index (χ0v) is 13.3. The van der Waals surface area contributed by atoms with E-state index in [0.29, 0.717) is 6.04 Å². The summed E-state index contributed by atoms with van der Waals surface area (Å²) in [5.74, 6) is 0.962. The van der Waals surface area contributed by atoms with Crippen LogP contribution in [-0.2, 0) is 0 Å². The molecule has 0 amide bonds. The number of rotatable bonds is 5. The molecule has 1 aromatic rings. The molecular weight excluding hydrogens is 248 g/mol. The van der Waals surface area contributed by atoms with Crippen molar-refractivity contribution in [2.75, 3.05) is 25.0 Å². The molecule has 0 saturated carbocycles. The van der Waals surface area contributed by atoms with E-state index in [1.807, 2.05) is 0 Å². The summed E-state index contributed by atoms with van der Waals surface area (Å²) < 4.78 is 5.73. The number of anilines is 1. The quantitative estimate of drug-likeness (QED) is 0.888. The van der Waals surface area contributed by atoms with Crippen LogP contribution in [0, 0.1) is 6.92 Å². The average Bonchev–Trinajstić information content (AvgIpc) is 2.42. The van der Waals surface area contributed by atoms with Crippen LogP contribution in [-0.4, -0.2) is 36.7 Å². The van der Waals surface area contributed by atoms with E-state index in [1.165, 1.54) is 43.7 Å². The number of benzene rings is 1. The molecule has 1 heterocycles. The molecule has 0 aliphatic carbocycles. The molecular formula is C17H28N2O. The number of piperidine rings is 1. The Hall–Kier alpha value is -1.22. The Morgan fingerprint density at radius 1 is 1.30 bits per heavy atom. The molecule has 0 unspecified atom stereocenters. The van der Waals surface area contributed by atoms with Gasteiger partial charge in [0.2, 0.25) is 0 Å². The van der Waals surface area contributed by atoms with Gasteiger partial charge in [0.1, 0.15) is 5.75 Å². The highest BCUT2D eigenvalue weighted by Gasteiger charge is 2.18. The number of nitrogens with zero attached hydrogens (tertiary/aromatic N) is 1. The summed E-state index contributed by atoms with van der Waals surface area (Å²) in [5.41, 5.74) is 2.51. The van der Waals surface area contributed by atoms with Crippen molar-refractivity contribution in [3.63, 3.8) is 0 Å². The van der Waals surface area contributed by atoms with E-state index < -0.39 is 0 Å². The molecule has 3 nitrogen and oxygen atoms in total. The minimum absolute atomic E-state index is 0.228. The fraction of sp³-hybridized carbons (Fsp3) is 0.647. The van der Waals surface area contributed by atoms with E-state index in [0.717, 1.165) is 5.75 Å². The van der Waals surface area contributed by atoms with Crippen LogP contribution in [0.15, 0.2) is 18.2 Å². The van der Waals surface area contributed by atoms with Gasteiger partial charge in [-0.25, -0.2) is 0 Å². The maximum atomic E-state index is 5.73. The zero-order valence-electron chi connectivity index (χ0n) is 13.3. The van der Waals surface area contributed by atoms with Gasteiger partial charge in [0.05, 0.1) is 6.10 Å². The second-order valence-electron chi connectivity index (χ2n) is 6.00. The van der Waals surface area contributed by atoms with Gasteiger partial charge in [0.25, 0.3) is 0 Å². The summed E-state index contributed by atoms with van der Waals surface area (Å²) in [4.78, 5) is 2.52. The summed E-state index contributed by atoms with van der Waals surface area (Å²) in [6.07, 6.45) is 2.70. The van der Waals surface area contributed by atoms with E-state index >= 15 is 0 Å². The van der Waals surface area contributed by atoms with Crippen LogP contribution in [0.3, 0.4) is 0 Å². The fourth-order valence-electron chi connectivity index (χ4n) is 2.76. The van der Waals surface area contributed by atoms with Gasteiger partial charge >= 0.3 is 0 Å². The Labute approximate surface area is 123 Å². The van der Waals surface area contributed by atoms with Gasteiger partial charge in [-0.3, -0.25) is 0 Å². The Morgan fingerprint density at radius 2 is 2.00 bits per heavy atom. The number of hydrogen-bond donors (Lipinski definition) is 1.